The van der Waals surface area contributed by atoms with E-state index in [4.69, 9.17) is 28.7 Å². The Morgan fingerprint density at radius 1 is 1.31 bits per heavy atom. The smallest absolute Gasteiger partial charge is 0.314 e. The zero-order valence-corrected chi connectivity index (χ0v) is 21.3. The predicted octanol–water partition coefficient (Wildman–Crippen LogP) is 2.60. The van der Waals surface area contributed by atoms with Gasteiger partial charge in [-0.05, 0) is 41.5 Å². The van der Waals surface area contributed by atoms with Crippen molar-refractivity contribution in [2.75, 3.05) is 33.1 Å². The molecule has 0 bridgehead atoms. The van der Waals surface area contributed by atoms with Gasteiger partial charge < -0.3 is 28.6 Å². The first-order valence-electron chi connectivity index (χ1n) is 11.2. The van der Waals surface area contributed by atoms with Gasteiger partial charge in [-0.25, -0.2) is 0 Å². The highest BCUT2D eigenvalue weighted by Gasteiger charge is 2.71. The maximum atomic E-state index is 12.9. The monoisotopic (exact) mass is 474 g/mol. The molecule has 0 spiro atoms. The van der Waals surface area contributed by atoms with Gasteiger partial charge in [-0.15, -0.1) is 0 Å². The minimum Gasteiger partial charge on any atom is -0.458 e. The highest BCUT2D eigenvalue weighted by molar-refractivity contribution is 7.51. The van der Waals surface area contributed by atoms with Crippen LogP contribution in [0.3, 0.4) is 0 Å². The summed E-state index contributed by atoms with van der Waals surface area (Å²) in [7, 11) is 0.189. The molecule has 1 saturated heterocycles. The number of hydrogen-bond acceptors (Lipinski definition) is 9. The lowest BCUT2D eigenvalue weighted by Gasteiger charge is -2.40. The van der Waals surface area contributed by atoms with Gasteiger partial charge >= 0.3 is 5.97 Å². The second-order valence-corrected chi connectivity index (χ2v) is 11.2. The summed E-state index contributed by atoms with van der Waals surface area (Å²) in [4.78, 5) is 12.9. The lowest BCUT2D eigenvalue weighted by Crippen LogP contribution is -2.44. The van der Waals surface area contributed by atoms with Crippen LogP contribution in [-0.4, -0.2) is 90.4 Å². The van der Waals surface area contributed by atoms with Gasteiger partial charge in [0, 0.05) is 25.6 Å². The number of methoxy groups -OCH3 is 1. The van der Waals surface area contributed by atoms with Crippen LogP contribution >= 0.6 is 8.30 Å². The molecule has 1 N–H and O–H groups in total. The second kappa shape index (κ2) is 11.5. The number of nitriles is 1. The summed E-state index contributed by atoms with van der Waals surface area (Å²) in [6.45, 7) is 12.3. The molecule has 0 aromatic rings. The van der Waals surface area contributed by atoms with E-state index in [1.165, 1.54) is 0 Å². The average molecular weight is 475 g/mol. The van der Waals surface area contributed by atoms with Crippen LogP contribution in [0.15, 0.2) is 0 Å². The Morgan fingerprint density at radius 3 is 2.50 bits per heavy atom. The number of aliphatic hydroxyl groups is 1. The molecule has 0 aromatic heterocycles. The van der Waals surface area contributed by atoms with Crippen molar-refractivity contribution in [1.29, 1.82) is 5.26 Å². The number of esters is 1. The molecule has 4 unspecified atom stereocenters. The summed E-state index contributed by atoms with van der Waals surface area (Å²) in [6.07, 6.45) is -0.310. The van der Waals surface area contributed by atoms with Crippen molar-refractivity contribution in [3.8, 4) is 6.07 Å². The van der Waals surface area contributed by atoms with E-state index in [9.17, 15) is 9.90 Å². The molecular weight excluding hydrogens is 435 g/mol. The molecule has 1 aliphatic heterocycles. The minimum absolute atomic E-state index is 0.0496. The lowest BCUT2D eigenvalue weighted by molar-refractivity contribution is -0.152. The molecule has 9 nitrogen and oxygen atoms in total. The Labute approximate surface area is 193 Å². The first-order chi connectivity index (χ1) is 15.0. The van der Waals surface area contributed by atoms with Crippen molar-refractivity contribution in [1.82, 2.24) is 4.67 Å². The van der Waals surface area contributed by atoms with Crippen molar-refractivity contribution in [3.05, 3.63) is 0 Å². The standard InChI is InChI=1S/C22H39N2O7P/c1-15(2)24(16(3)4)32(14-19(26)30-21(5,6)8-9-23)31-20-17(13-25)29-18-12-22(18,20)28-11-10-27-7/h15-18,20,25H,8,10-14H2,1-7H3/t17-,18?,20?,22?,32?/m1/s1. The fourth-order valence-electron chi connectivity index (χ4n) is 4.23. The molecule has 2 aliphatic rings. The Balaban J connectivity index is 2.23. The third-order valence-electron chi connectivity index (χ3n) is 5.60. The van der Waals surface area contributed by atoms with Crippen molar-refractivity contribution < 1.29 is 33.4 Å². The van der Waals surface area contributed by atoms with Crippen LogP contribution in [0.2, 0.25) is 0 Å². The van der Waals surface area contributed by atoms with Gasteiger partial charge in [-0.1, -0.05) is 0 Å². The number of ether oxygens (including phenoxy) is 4. The summed E-state index contributed by atoms with van der Waals surface area (Å²) in [6, 6.07) is 2.30. The summed E-state index contributed by atoms with van der Waals surface area (Å²) < 4.78 is 31.6. The average Bonchev–Trinajstić information content (AvgIpc) is 3.28. The zero-order chi connectivity index (χ0) is 24.1. The van der Waals surface area contributed by atoms with Crippen molar-refractivity contribution in [2.24, 2.45) is 0 Å². The summed E-state index contributed by atoms with van der Waals surface area (Å²) >= 11 is 0. The first-order valence-corrected chi connectivity index (χ1v) is 12.6. The summed E-state index contributed by atoms with van der Waals surface area (Å²) in [5.41, 5.74) is -1.50. The highest BCUT2D eigenvalue weighted by Crippen LogP contribution is 2.59. The molecule has 0 radical (unpaired) electrons. The van der Waals surface area contributed by atoms with Gasteiger partial charge in [0.25, 0.3) is 0 Å². The number of carbonyl (C=O) groups excluding carboxylic acids is 1. The second-order valence-electron chi connectivity index (χ2n) is 9.52. The fraction of sp³-hybridized carbons (Fsp3) is 0.909. The molecular formula is C22H39N2O7P. The van der Waals surface area contributed by atoms with Crippen LogP contribution in [0.25, 0.3) is 0 Å². The molecule has 1 heterocycles. The van der Waals surface area contributed by atoms with Gasteiger partial charge in [0.1, 0.15) is 37.9 Å². The third-order valence-corrected chi connectivity index (χ3v) is 8.03. The van der Waals surface area contributed by atoms with Crippen LogP contribution in [0.1, 0.15) is 54.4 Å². The van der Waals surface area contributed by atoms with Gasteiger partial charge in [-0.3, -0.25) is 9.46 Å². The molecule has 1 saturated carbocycles. The van der Waals surface area contributed by atoms with E-state index < -0.39 is 37.7 Å². The van der Waals surface area contributed by atoms with Gasteiger partial charge in [-0.2, -0.15) is 5.26 Å². The van der Waals surface area contributed by atoms with Crippen LogP contribution in [-0.2, 0) is 28.3 Å². The molecule has 2 fully saturated rings. The van der Waals surface area contributed by atoms with E-state index in [0.717, 1.165) is 0 Å². The van der Waals surface area contributed by atoms with Crippen molar-refractivity contribution in [3.63, 3.8) is 0 Å². The minimum atomic E-state index is -1.42. The van der Waals surface area contributed by atoms with E-state index in [-0.39, 0.29) is 37.4 Å². The Kier molecular flexibility index (Phi) is 9.87. The number of carbonyl (C=O) groups is 1. The largest absolute Gasteiger partial charge is 0.458 e. The van der Waals surface area contributed by atoms with E-state index in [2.05, 4.69) is 38.4 Å². The highest BCUT2D eigenvalue weighted by atomic mass is 31.2. The van der Waals surface area contributed by atoms with E-state index in [1.54, 1.807) is 21.0 Å². The Morgan fingerprint density at radius 2 is 1.97 bits per heavy atom. The molecule has 0 aromatic carbocycles. The molecule has 0 amide bonds. The van der Waals surface area contributed by atoms with Crippen LogP contribution in [0.4, 0.5) is 0 Å². The summed E-state index contributed by atoms with van der Waals surface area (Å²) in [5.74, 6) is -0.413. The SMILES string of the molecule is COCCOC12CC1O[C@H](CO)C2OP(CC(=O)OC(C)(C)CC#N)N(C(C)C)C(C)C. The van der Waals surface area contributed by atoms with Crippen LogP contribution in [0, 0.1) is 11.3 Å². The molecule has 5 atom stereocenters. The van der Waals surface area contributed by atoms with Gasteiger partial charge in [0.2, 0.25) is 0 Å². The number of hydrogen-bond donors (Lipinski definition) is 1. The molecule has 10 heteroatoms. The van der Waals surface area contributed by atoms with Crippen molar-refractivity contribution >= 4 is 14.3 Å². The number of fused-ring (bicyclic) bond motifs is 1. The zero-order valence-electron chi connectivity index (χ0n) is 20.4. The maximum Gasteiger partial charge on any atom is 0.314 e. The normalized spacial score (nSPS) is 28.1. The molecule has 184 valence electrons. The van der Waals surface area contributed by atoms with E-state index in [0.29, 0.717) is 19.6 Å². The molecule has 1 aliphatic carbocycles. The summed E-state index contributed by atoms with van der Waals surface area (Å²) in [5, 5.41) is 18.9. The van der Waals surface area contributed by atoms with Crippen LogP contribution in [0.5, 0.6) is 0 Å². The number of rotatable bonds is 14. The van der Waals surface area contributed by atoms with E-state index in [1.807, 2.05) is 0 Å². The molecule has 2 rings (SSSR count). The fourth-order valence-corrected chi connectivity index (χ4v) is 6.47. The maximum absolute atomic E-state index is 12.9. The Bertz CT molecular complexity index is 661. The Hall–Kier alpha value is -0.850. The van der Waals surface area contributed by atoms with Crippen LogP contribution < -0.4 is 0 Å². The van der Waals surface area contributed by atoms with Gasteiger partial charge in [0.05, 0.1) is 38.4 Å². The van der Waals surface area contributed by atoms with E-state index >= 15 is 0 Å². The lowest BCUT2D eigenvalue weighted by atomic mass is 10.1. The number of aliphatic hydroxyl groups excluding tert-OH is 1. The molecule has 32 heavy (non-hydrogen) atoms. The van der Waals surface area contributed by atoms with Crippen molar-refractivity contribution in [2.45, 2.75) is 96.0 Å². The number of nitrogens with zero attached hydrogens (tertiary/aromatic N) is 2. The quantitative estimate of drug-likeness (QED) is 0.231. The first kappa shape index (κ1) is 27.4. The topological polar surface area (TPSA) is 110 Å². The predicted molar refractivity (Wildman–Crippen MR) is 120 cm³/mol. The third kappa shape index (κ3) is 6.60. The van der Waals surface area contributed by atoms with Gasteiger partial charge in [0.15, 0.2) is 0 Å².